The Labute approximate surface area is 168 Å². The zero-order chi connectivity index (χ0) is 19.5. The summed E-state index contributed by atoms with van der Waals surface area (Å²) in [5.74, 6) is -0.132. The Bertz CT molecular complexity index is 848. The lowest BCUT2D eigenvalue weighted by molar-refractivity contribution is 0.0942. The number of carbonyl (C=O) groups excluding carboxylic acids is 2. The van der Waals surface area contributed by atoms with Crippen molar-refractivity contribution in [2.45, 2.75) is 24.9 Å². The average Bonchev–Trinajstić information content (AvgIpc) is 3.39. The smallest absolute Gasteiger partial charge is 0.410 e. The van der Waals surface area contributed by atoms with Gasteiger partial charge < -0.3 is 14.1 Å². The summed E-state index contributed by atoms with van der Waals surface area (Å²) >= 11 is 5.37. The lowest BCUT2D eigenvalue weighted by Crippen LogP contribution is -2.51. The molecule has 0 radical (unpaired) electrons. The predicted molar refractivity (Wildman–Crippen MR) is 106 cm³/mol. The maximum atomic E-state index is 12.3. The van der Waals surface area contributed by atoms with Crippen molar-refractivity contribution in [1.82, 2.24) is 15.1 Å². The van der Waals surface area contributed by atoms with E-state index in [2.05, 4.69) is 5.32 Å². The van der Waals surface area contributed by atoms with Gasteiger partial charge in [-0.15, -0.1) is 0 Å². The molecule has 0 unspecified atom stereocenters. The maximum absolute atomic E-state index is 12.3. The molecule has 146 valence electrons. The Balaban J connectivity index is 1.36. The monoisotopic (exact) mass is 399 g/mol. The molecule has 3 heterocycles. The number of cyclic esters (lactones) is 1. The van der Waals surface area contributed by atoms with Crippen LogP contribution in [-0.2, 0) is 4.74 Å². The van der Waals surface area contributed by atoms with Crippen molar-refractivity contribution in [3.63, 3.8) is 0 Å². The van der Waals surface area contributed by atoms with Gasteiger partial charge in [-0.1, -0.05) is 30.3 Å². The lowest BCUT2D eigenvalue weighted by atomic mass is 9.99. The van der Waals surface area contributed by atoms with Gasteiger partial charge in [0.25, 0.3) is 5.91 Å². The number of carbonyl (C=O) groups is 2. The molecular formula is C20H21N3O4S. The number of hydrogen-bond donors (Lipinski definition) is 1. The summed E-state index contributed by atoms with van der Waals surface area (Å²) < 4.78 is 10.4. The molecule has 1 aromatic carbocycles. The minimum Gasteiger partial charge on any atom is -0.459 e. The van der Waals surface area contributed by atoms with E-state index in [0.29, 0.717) is 24.8 Å². The third kappa shape index (κ3) is 3.73. The lowest BCUT2D eigenvalue weighted by Gasteiger charge is -2.38. The predicted octanol–water partition coefficient (Wildman–Crippen LogP) is 2.95. The van der Waals surface area contributed by atoms with Crippen LogP contribution in [0.25, 0.3) is 0 Å². The second-order valence-electron chi connectivity index (χ2n) is 6.87. The quantitative estimate of drug-likeness (QED) is 0.800. The molecule has 0 aliphatic carbocycles. The molecule has 28 heavy (non-hydrogen) atoms. The van der Waals surface area contributed by atoms with Gasteiger partial charge in [0.05, 0.1) is 12.3 Å². The van der Waals surface area contributed by atoms with E-state index in [4.69, 9.17) is 21.4 Å². The number of nitrogens with one attached hydrogen (secondary N) is 1. The molecule has 0 bridgehead atoms. The summed E-state index contributed by atoms with van der Waals surface area (Å²) in [7, 11) is 0. The second-order valence-corrected chi connectivity index (χ2v) is 7.25. The highest BCUT2D eigenvalue weighted by Gasteiger charge is 2.40. The minimum atomic E-state index is -0.357. The van der Waals surface area contributed by atoms with Crippen LogP contribution in [0.3, 0.4) is 0 Å². The van der Waals surface area contributed by atoms with Gasteiger partial charge in [-0.25, -0.2) is 4.79 Å². The summed E-state index contributed by atoms with van der Waals surface area (Å²) in [5, 5.41) is 3.08. The van der Waals surface area contributed by atoms with Crippen molar-refractivity contribution in [1.29, 1.82) is 0 Å². The molecule has 7 nitrogen and oxygen atoms in total. The summed E-state index contributed by atoms with van der Waals surface area (Å²) in [5.41, 5.74) is 1.08. The van der Waals surface area contributed by atoms with Gasteiger partial charge in [0.15, 0.2) is 10.9 Å². The Morgan fingerprint density at radius 3 is 2.54 bits per heavy atom. The molecule has 8 heteroatoms. The molecular weight excluding hydrogens is 378 g/mol. The van der Waals surface area contributed by atoms with Crippen molar-refractivity contribution >= 4 is 29.3 Å². The first-order valence-electron chi connectivity index (χ1n) is 9.27. The summed E-state index contributed by atoms with van der Waals surface area (Å²) in [6, 6.07) is 13.2. The average molecular weight is 399 g/mol. The molecule has 2 amide bonds. The van der Waals surface area contributed by atoms with Crippen LogP contribution in [0.15, 0.2) is 53.1 Å². The van der Waals surface area contributed by atoms with Crippen LogP contribution in [-0.4, -0.2) is 52.7 Å². The molecule has 2 saturated heterocycles. The summed E-state index contributed by atoms with van der Waals surface area (Å²) in [4.78, 5) is 28.2. The molecule has 1 aromatic heterocycles. The first-order chi connectivity index (χ1) is 13.6. The van der Waals surface area contributed by atoms with Gasteiger partial charge >= 0.3 is 6.09 Å². The van der Waals surface area contributed by atoms with Crippen LogP contribution in [0.2, 0.25) is 0 Å². The van der Waals surface area contributed by atoms with Crippen LogP contribution in [0, 0.1) is 0 Å². The van der Waals surface area contributed by atoms with Crippen LogP contribution in [0.4, 0.5) is 4.79 Å². The zero-order valence-electron chi connectivity index (χ0n) is 15.2. The van der Waals surface area contributed by atoms with Crippen LogP contribution in [0.1, 0.15) is 35.0 Å². The third-order valence-electron chi connectivity index (χ3n) is 5.21. The number of furan rings is 1. The number of amides is 2. The normalized spacial score (nSPS) is 20.1. The van der Waals surface area contributed by atoms with Crippen molar-refractivity contribution in [3.8, 4) is 0 Å². The topological polar surface area (TPSA) is 75.0 Å². The molecule has 2 aliphatic heterocycles. The highest BCUT2D eigenvalue weighted by Crippen LogP contribution is 2.33. The van der Waals surface area contributed by atoms with Gasteiger partial charge in [0.1, 0.15) is 6.61 Å². The standard InChI is InChI=1S/C20H21N3O4S/c24-18(17-7-4-12-26-17)21-19(28)22-10-8-15(9-11-22)23-16(13-27-20(23)25)14-5-2-1-3-6-14/h1-7,12,15-16H,8-11,13H2,(H,21,24,28)/t16-/m0/s1. The maximum Gasteiger partial charge on any atom is 0.410 e. The van der Waals surface area contributed by atoms with Crippen LogP contribution < -0.4 is 5.32 Å². The van der Waals surface area contributed by atoms with Crippen LogP contribution >= 0.6 is 12.2 Å². The van der Waals surface area contributed by atoms with E-state index in [1.807, 2.05) is 40.1 Å². The van der Waals surface area contributed by atoms with E-state index < -0.39 is 0 Å². The number of piperidine rings is 1. The second kappa shape index (κ2) is 8.02. The number of nitrogens with zero attached hydrogens (tertiary/aromatic N) is 2. The van der Waals surface area contributed by atoms with Gasteiger partial charge in [-0.2, -0.15) is 0 Å². The van der Waals surface area contributed by atoms with E-state index in [0.717, 1.165) is 18.4 Å². The fraction of sp³-hybridized carbons (Fsp3) is 0.350. The van der Waals surface area contributed by atoms with E-state index in [-0.39, 0.29) is 29.8 Å². The SMILES string of the molecule is O=C(NC(=S)N1CCC(N2C(=O)OC[C@H]2c2ccccc2)CC1)c1ccco1. The number of likely N-dealkylation sites (tertiary alicyclic amines) is 1. The Hall–Kier alpha value is -2.87. The molecule has 1 atom stereocenters. The van der Waals surface area contributed by atoms with Gasteiger partial charge in [-0.3, -0.25) is 15.0 Å². The van der Waals surface area contributed by atoms with Crippen molar-refractivity contribution < 1.29 is 18.7 Å². The van der Waals surface area contributed by atoms with E-state index in [9.17, 15) is 9.59 Å². The molecule has 0 saturated carbocycles. The van der Waals surface area contributed by atoms with Crippen molar-refractivity contribution in [3.05, 3.63) is 60.1 Å². The zero-order valence-corrected chi connectivity index (χ0v) is 16.1. The first kappa shape index (κ1) is 18.5. The first-order valence-corrected chi connectivity index (χ1v) is 9.68. The molecule has 2 aliphatic rings. The largest absolute Gasteiger partial charge is 0.459 e. The summed E-state index contributed by atoms with van der Waals surface area (Å²) in [6.07, 6.45) is 2.70. The Morgan fingerprint density at radius 1 is 1.11 bits per heavy atom. The summed E-state index contributed by atoms with van der Waals surface area (Å²) in [6.45, 7) is 1.70. The molecule has 1 N–H and O–H groups in total. The number of thiocarbonyl (C=S) groups is 1. The van der Waals surface area contributed by atoms with Gasteiger partial charge in [-0.05, 0) is 42.8 Å². The highest BCUT2D eigenvalue weighted by atomic mass is 32.1. The number of benzene rings is 1. The molecule has 4 rings (SSSR count). The third-order valence-corrected chi connectivity index (χ3v) is 5.57. The van der Waals surface area contributed by atoms with Crippen molar-refractivity contribution in [2.24, 2.45) is 0 Å². The Morgan fingerprint density at radius 2 is 1.86 bits per heavy atom. The van der Waals surface area contributed by atoms with Crippen LogP contribution in [0.5, 0.6) is 0 Å². The molecule has 0 spiro atoms. The molecule has 2 aromatic rings. The number of rotatable bonds is 3. The van der Waals surface area contributed by atoms with E-state index in [1.54, 1.807) is 12.1 Å². The fourth-order valence-corrected chi connectivity index (χ4v) is 4.04. The minimum absolute atomic E-state index is 0.0594. The highest BCUT2D eigenvalue weighted by molar-refractivity contribution is 7.80. The van der Waals surface area contributed by atoms with E-state index in [1.165, 1.54) is 6.26 Å². The van der Waals surface area contributed by atoms with Gasteiger partial charge in [0.2, 0.25) is 0 Å². The number of ether oxygens (including phenoxy) is 1. The fourth-order valence-electron chi connectivity index (χ4n) is 3.76. The Kier molecular flexibility index (Phi) is 5.29. The number of hydrogen-bond acceptors (Lipinski definition) is 5. The van der Waals surface area contributed by atoms with Crippen molar-refractivity contribution in [2.75, 3.05) is 19.7 Å². The van der Waals surface area contributed by atoms with Gasteiger partial charge in [0, 0.05) is 19.1 Å². The molecule has 2 fully saturated rings. The van der Waals surface area contributed by atoms with E-state index >= 15 is 0 Å².